The monoisotopic (exact) mass is 632 g/mol. The number of aliphatic hydroxyl groups is 1. The van der Waals surface area contributed by atoms with Crippen molar-refractivity contribution in [3.63, 3.8) is 0 Å². The molecule has 0 radical (unpaired) electrons. The van der Waals surface area contributed by atoms with E-state index in [-0.39, 0.29) is 25.4 Å². The van der Waals surface area contributed by atoms with Crippen LogP contribution in [0.25, 0.3) is 0 Å². The molecule has 0 aliphatic carbocycles. The van der Waals surface area contributed by atoms with Crippen LogP contribution < -0.4 is 10.0 Å². The van der Waals surface area contributed by atoms with Gasteiger partial charge in [-0.15, -0.1) is 0 Å². The van der Waals surface area contributed by atoms with E-state index in [9.17, 15) is 37.1 Å². The van der Waals surface area contributed by atoms with Crippen molar-refractivity contribution in [2.75, 3.05) is 5.75 Å². The molecular formula is C31H25F5N2O5S. The molecule has 0 unspecified atom stereocenters. The summed E-state index contributed by atoms with van der Waals surface area (Å²) in [4.78, 5) is 12.3. The molecule has 0 saturated carbocycles. The molecule has 1 aliphatic heterocycles. The van der Waals surface area contributed by atoms with E-state index >= 15 is 0 Å². The molecule has 0 spiro atoms. The van der Waals surface area contributed by atoms with Gasteiger partial charge in [0.2, 0.25) is 5.82 Å². The number of thioether (sulfide) groups is 1. The van der Waals surface area contributed by atoms with Crippen LogP contribution >= 0.6 is 11.8 Å². The van der Waals surface area contributed by atoms with Gasteiger partial charge in [-0.25, -0.2) is 22.0 Å². The number of benzene rings is 3. The number of carbonyl (C=O) groups excluding carboxylic acids is 1. The molecule has 44 heavy (non-hydrogen) atoms. The van der Waals surface area contributed by atoms with Crippen molar-refractivity contribution in [2.24, 2.45) is 0 Å². The number of amides is 1. The molecule has 4 aromatic rings. The smallest absolute Gasteiger partial charge is 0.257 e. The summed E-state index contributed by atoms with van der Waals surface area (Å²) in [6, 6.07) is 18.9. The van der Waals surface area contributed by atoms with Crippen molar-refractivity contribution in [3.05, 3.63) is 135 Å². The fraction of sp³-hybridized carbons (Fsp3) is 0.226. The predicted octanol–water partition coefficient (Wildman–Crippen LogP) is 5.78. The lowest BCUT2D eigenvalue weighted by molar-refractivity contribution is -0.645. The van der Waals surface area contributed by atoms with Gasteiger partial charge in [0.15, 0.2) is 35.8 Å². The van der Waals surface area contributed by atoms with Crippen LogP contribution in [0.15, 0.2) is 78.0 Å². The summed E-state index contributed by atoms with van der Waals surface area (Å²) in [6.45, 7) is -0.367. The van der Waals surface area contributed by atoms with Crippen LogP contribution in [0.3, 0.4) is 0 Å². The first-order valence-corrected chi connectivity index (χ1v) is 14.3. The Morgan fingerprint density at radius 2 is 1.48 bits per heavy atom. The molecule has 1 aliphatic rings. The van der Waals surface area contributed by atoms with Gasteiger partial charge in [-0.1, -0.05) is 60.3 Å². The summed E-state index contributed by atoms with van der Waals surface area (Å²) in [5.74, 6) is -12.2. The zero-order valence-electron chi connectivity index (χ0n) is 22.8. The minimum atomic E-state index is -2.35. The Morgan fingerprint density at radius 3 is 2.11 bits per heavy atom. The second kappa shape index (κ2) is 13.7. The number of carbonyl (C=O) groups is 1. The highest BCUT2D eigenvalue weighted by Gasteiger charge is 2.33. The highest BCUT2D eigenvalue weighted by Crippen LogP contribution is 2.39. The topological polar surface area (TPSA) is 94.7 Å². The zero-order chi connectivity index (χ0) is 31.4. The number of hydrogen-bond donors (Lipinski definition) is 2. The Bertz CT molecular complexity index is 1610. The van der Waals surface area contributed by atoms with E-state index in [1.807, 2.05) is 12.1 Å². The summed E-state index contributed by atoms with van der Waals surface area (Å²) in [5, 5.41) is 24.2. The average Bonchev–Trinajstić information content (AvgIpc) is 3.05. The van der Waals surface area contributed by atoms with Crippen LogP contribution in [0.4, 0.5) is 22.0 Å². The van der Waals surface area contributed by atoms with Gasteiger partial charge in [-0.3, -0.25) is 4.79 Å². The standard InChI is InChI=1S/C31H25F5N2O5S/c32-25-24(26(33)28(35)29(36)27(25)34)30(40)37-14-17-4-10-20(11-5-17)31-42-21(16-44-23-3-1-2-12-38(23)41)13-22(43-31)19-8-6-18(15-39)7-9-19/h1-12,21-22,31,39H,13-16H2,(H,37,40)/t21-,22+,31+/m0/s1. The normalized spacial score (nSPS) is 18.3. The SMILES string of the molecule is O=C(NCc1ccc([C@@H]2O[C@H](CSc3cccc[n+]3[O-])C[C@H](c3ccc(CO)cc3)O2)cc1)c1c(F)c(F)c(F)c(F)c1F. The number of halogens is 5. The van der Waals surface area contributed by atoms with E-state index in [0.717, 1.165) is 15.9 Å². The highest BCUT2D eigenvalue weighted by molar-refractivity contribution is 7.99. The molecule has 1 saturated heterocycles. The Labute approximate surface area is 252 Å². The van der Waals surface area contributed by atoms with Gasteiger partial charge >= 0.3 is 0 Å². The van der Waals surface area contributed by atoms with Gasteiger partial charge in [0.1, 0.15) is 5.56 Å². The van der Waals surface area contributed by atoms with Gasteiger partial charge < -0.3 is 25.1 Å². The molecule has 13 heteroatoms. The first kappa shape index (κ1) is 31.4. The Balaban J connectivity index is 1.29. The third-order valence-corrected chi connectivity index (χ3v) is 8.11. The van der Waals surface area contributed by atoms with Crippen molar-refractivity contribution in [3.8, 4) is 0 Å². The van der Waals surface area contributed by atoms with Crippen molar-refractivity contribution in [2.45, 2.75) is 43.1 Å². The molecule has 1 amide bonds. The third-order valence-electron chi connectivity index (χ3n) is 6.96. The van der Waals surface area contributed by atoms with Crippen LogP contribution in [0.1, 0.15) is 51.4 Å². The molecule has 3 atom stereocenters. The van der Waals surface area contributed by atoms with Crippen molar-refractivity contribution < 1.29 is 46.1 Å². The Morgan fingerprint density at radius 1 is 0.864 bits per heavy atom. The third kappa shape index (κ3) is 6.86. The van der Waals surface area contributed by atoms with Crippen LogP contribution in [-0.2, 0) is 22.6 Å². The first-order chi connectivity index (χ1) is 21.2. The fourth-order valence-electron chi connectivity index (χ4n) is 4.59. The lowest BCUT2D eigenvalue weighted by Crippen LogP contribution is -2.32. The quantitative estimate of drug-likeness (QED) is 0.0608. The number of nitrogens with zero attached hydrogens (tertiary/aromatic N) is 1. The van der Waals surface area contributed by atoms with E-state index in [1.54, 1.807) is 54.6 Å². The van der Waals surface area contributed by atoms with Crippen molar-refractivity contribution in [1.29, 1.82) is 0 Å². The number of rotatable bonds is 9. The summed E-state index contributed by atoms with van der Waals surface area (Å²) in [6.07, 6.45) is 0.401. The average molecular weight is 633 g/mol. The number of hydrogen-bond acceptors (Lipinski definition) is 6. The first-order valence-electron chi connectivity index (χ1n) is 13.4. The summed E-state index contributed by atoms with van der Waals surface area (Å²) >= 11 is 1.34. The largest absolute Gasteiger partial charge is 0.618 e. The second-order valence-electron chi connectivity index (χ2n) is 9.89. The van der Waals surface area contributed by atoms with Crippen molar-refractivity contribution >= 4 is 17.7 Å². The van der Waals surface area contributed by atoms with Crippen LogP contribution in [0.5, 0.6) is 0 Å². The van der Waals surface area contributed by atoms with E-state index in [1.165, 1.54) is 18.0 Å². The van der Waals surface area contributed by atoms with E-state index in [2.05, 4.69) is 5.32 Å². The number of nitrogens with one attached hydrogen (secondary N) is 1. The minimum Gasteiger partial charge on any atom is -0.618 e. The Hall–Kier alpha value is -4.04. The number of ether oxygens (including phenoxy) is 2. The number of pyridine rings is 1. The molecule has 7 nitrogen and oxygen atoms in total. The molecule has 1 aromatic heterocycles. The second-order valence-corrected chi connectivity index (χ2v) is 10.9. The molecular weight excluding hydrogens is 607 g/mol. The van der Waals surface area contributed by atoms with E-state index < -0.39 is 46.8 Å². The maximum absolute atomic E-state index is 14.0. The number of aromatic nitrogens is 1. The Kier molecular flexibility index (Phi) is 9.79. The van der Waals surface area contributed by atoms with Crippen LogP contribution in [-0.4, -0.2) is 22.9 Å². The number of aliphatic hydroxyl groups excluding tert-OH is 1. The van der Waals surface area contributed by atoms with Gasteiger partial charge in [0.25, 0.3) is 10.9 Å². The molecule has 5 rings (SSSR count). The van der Waals surface area contributed by atoms with Crippen LogP contribution in [0, 0.1) is 34.3 Å². The maximum atomic E-state index is 14.0. The van der Waals surface area contributed by atoms with E-state index in [4.69, 9.17) is 9.47 Å². The lowest BCUT2D eigenvalue weighted by Gasteiger charge is -2.36. The molecule has 1 fully saturated rings. The molecule has 0 bridgehead atoms. The lowest BCUT2D eigenvalue weighted by atomic mass is 10.0. The molecule has 2 heterocycles. The van der Waals surface area contributed by atoms with Gasteiger partial charge in [0.05, 0.1) is 18.8 Å². The van der Waals surface area contributed by atoms with Gasteiger partial charge in [-0.2, -0.15) is 4.73 Å². The zero-order valence-corrected chi connectivity index (χ0v) is 23.6. The molecule has 230 valence electrons. The summed E-state index contributed by atoms with van der Waals surface area (Å²) in [7, 11) is 0. The van der Waals surface area contributed by atoms with Crippen LogP contribution in [0.2, 0.25) is 0 Å². The van der Waals surface area contributed by atoms with Crippen molar-refractivity contribution in [1.82, 2.24) is 5.32 Å². The van der Waals surface area contributed by atoms with Gasteiger partial charge in [0, 0.05) is 36.4 Å². The fourth-order valence-corrected chi connectivity index (χ4v) is 5.53. The molecule has 2 N–H and O–H groups in total. The summed E-state index contributed by atoms with van der Waals surface area (Å²) in [5.41, 5.74) is 1.13. The van der Waals surface area contributed by atoms with E-state index in [0.29, 0.717) is 28.3 Å². The highest BCUT2D eigenvalue weighted by atomic mass is 32.2. The maximum Gasteiger partial charge on any atom is 0.257 e. The van der Waals surface area contributed by atoms with Gasteiger partial charge in [-0.05, 0) is 22.8 Å². The predicted molar refractivity (Wildman–Crippen MR) is 148 cm³/mol. The minimum absolute atomic E-state index is 0.0998. The summed E-state index contributed by atoms with van der Waals surface area (Å²) < 4.78 is 81.6. The molecule has 3 aromatic carbocycles.